The third-order valence-electron chi connectivity index (χ3n) is 6.35. The molecule has 4 nitrogen and oxygen atoms in total. The predicted octanol–water partition coefficient (Wildman–Crippen LogP) is 7.09. The molecule has 0 saturated heterocycles. The molecule has 0 unspecified atom stereocenters. The van der Waals surface area contributed by atoms with E-state index in [4.69, 9.17) is 23.2 Å². The SMILES string of the molecule is CC[C@@H](C)NC(=O)[C@H](Cc1ccccc1)N(Cc1ccc(Cl)c(Cl)c1)C(=O)CSCc1ccccc1C. The number of benzene rings is 3. The number of rotatable bonds is 12. The van der Waals surface area contributed by atoms with Gasteiger partial charge in [-0.2, -0.15) is 0 Å². The molecular weight excluding hydrogens is 523 g/mol. The monoisotopic (exact) mass is 556 g/mol. The fraction of sp³-hybridized carbons (Fsp3) is 0.333. The van der Waals surface area contributed by atoms with E-state index in [-0.39, 0.29) is 30.2 Å². The van der Waals surface area contributed by atoms with Gasteiger partial charge >= 0.3 is 0 Å². The zero-order valence-electron chi connectivity index (χ0n) is 21.5. The van der Waals surface area contributed by atoms with Gasteiger partial charge in [0.1, 0.15) is 6.04 Å². The Labute approximate surface area is 234 Å². The Morgan fingerprint density at radius 2 is 1.65 bits per heavy atom. The Hall–Kier alpha value is -2.47. The lowest BCUT2D eigenvalue weighted by molar-refractivity contribution is -0.139. The first-order valence-electron chi connectivity index (χ1n) is 12.5. The lowest BCUT2D eigenvalue weighted by Gasteiger charge is -2.32. The van der Waals surface area contributed by atoms with Gasteiger partial charge in [0.25, 0.3) is 0 Å². The summed E-state index contributed by atoms with van der Waals surface area (Å²) >= 11 is 14.0. The number of nitrogens with zero attached hydrogens (tertiary/aromatic N) is 1. The largest absolute Gasteiger partial charge is 0.352 e. The molecule has 0 aliphatic carbocycles. The maximum atomic E-state index is 13.7. The molecule has 0 heterocycles. The Morgan fingerprint density at radius 3 is 2.32 bits per heavy atom. The summed E-state index contributed by atoms with van der Waals surface area (Å²) in [5.41, 5.74) is 4.21. The summed E-state index contributed by atoms with van der Waals surface area (Å²) < 4.78 is 0. The van der Waals surface area contributed by atoms with E-state index in [2.05, 4.69) is 24.4 Å². The summed E-state index contributed by atoms with van der Waals surface area (Å²) in [4.78, 5) is 29.0. The predicted molar refractivity (Wildman–Crippen MR) is 156 cm³/mol. The Balaban J connectivity index is 1.89. The minimum atomic E-state index is -0.669. The number of hydrogen-bond acceptors (Lipinski definition) is 3. The molecule has 2 amide bonds. The van der Waals surface area contributed by atoms with E-state index in [1.54, 1.807) is 28.8 Å². The second kappa shape index (κ2) is 14.5. The van der Waals surface area contributed by atoms with Crippen LogP contribution in [0, 0.1) is 6.92 Å². The molecule has 0 aliphatic heterocycles. The molecule has 0 radical (unpaired) electrons. The molecule has 0 fully saturated rings. The van der Waals surface area contributed by atoms with Gasteiger partial charge in [-0.25, -0.2) is 0 Å². The van der Waals surface area contributed by atoms with E-state index < -0.39 is 6.04 Å². The average Bonchev–Trinajstić information content (AvgIpc) is 2.89. The van der Waals surface area contributed by atoms with Gasteiger partial charge in [-0.1, -0.05) is 90.8 Å². The molecule has 7 heteroatoms. The van der Waals surface area contributed by atoms with Gasteiger partial charge in [-0.3, -0.25) is 9.59 Å². The minimum absolute atomic E-state index is 0.00290. The van der Waals surface area contributed by atoms with Crippen LogP contribution in [0.15, 0.2) is 72.8 Å². The molecule has 0 aliphatic rings. The number of aryl methyl sites for hydroxylation is 1. The number of hydrogen-bond donors (Lipinski definition) is 1. The molecule has 3 aromatic carbocycles. The van der Waals surface area contributed by atoms with Crippen LogP contribution < -0.4 is 5.32 Å². The Kier molecular flexibility index (Phi) is 11.4. The summed E-state index contributed by atoms with van der Waals surface area (Å²) in [6.45, 7) is 6.33. The first kappa shape index (κ1) is 29.1. The molecule has 1 N–H and O–H groups in total. The first-order chi connectivity index (χ1) is 17.8. The summed E-state index contributed by atoms with van der Waals surface area (Å²) in [6.07, 6.45) is 1.22. The molecule has 0 bridgehead atoms. The van der Waals surface area contributed by atoms with Crippen molar-refractivity contribution < 1.29 is 9.59 Å². The number of amides is 2. The van der Waals surface area contributed by atoms with Crippen LogP contribution in [0.4, 0.5) is 0 Å². The van der Waals surface area contributed by atoms with Crippen molar-refractivity contribution in [2.24, 2.45) is 0 Å². The molecule has 3 aromatic rings. The molecule has 2 atom stereocenters. The number of thioether (sulfide) groups is 1. The zero-order valence-corrected chi connectivity index (χ0v) is 23.9. The van der Waals surface area contributed by atoms with Crippen molar-refractivity contribution in [3.63, 3.8) is 0 Å². The van der Waals surface area contributed by atoms with Crippen LogP contribution in [0.5, 0.6) is 0 Å². The minimum Gasteiger partial charge on any atom is -0.352 e. The van der Waals surface area contributed by atoms with Gasteiger partial charge in [-0.05, 0) is 54.7 Å². The van der Waals surface area contributed by atoms with Crippen LogP contribution in [-0.4, -0.2) is 34.6 Å². The normalized spacial score (nSPS) is 12.6. The van der Waals surface area contributed by atoms with E-state index in [1.165, 1.54) is 11.1 Å². The fourth-order valence-electron chi connectivity index (χ4n) is 3.93. The molecule has 0 spiro atoms. The van der Waals surface area contributed by atoms with Crippen molar-refractivity contribution in [1.29, 1.82) is 0 Å². The highest BCUT2D eigenvalue weighted by molar-refractivity contribution is 7.99. The molecule has 37 heavy (non-hydrogen) atoms. The van der Waals surface area contributed by atoms with Crippen LogP contribution in [0.3, 0.4) is 0 Å². The van der Waals surface area contributed by atoms with Crippen molar-refractivity contribution in [3.8, 4) is 0 Å². The Morgan fingerprint density at radius 1 is 0.946 bits per heavy atom. The summed E-state index contributed by atoms with van der Waals surface area (Å²) in [6, 6.07) is 22.6. The highest BCUT2D eigenvalue weighted by Gasteiger charge is 2.31. The summed E-state index contributed by atoms with van der Waals surface area (Å²) in [7, 11) is 0. The number of halogens is 2. The van der Waals surface area contributed by atoms with Crippen LogP contribution in [-0.2, 0) is 28.3 Å². The maximum Gasteiger partial charge on any atom is 0.243 e. The van der Waals surface area contributed by atoms with Crippen LogP contribution in [0.2, 0.25) is 10.0 Å². The van der Waals surface area contributed by atoms with Crippen molar-refractivity contribution in [2.75, 3.05) is 5.75 Å². The van der Waals surface area contributed by atoms with Gasteiger partial charge in [0, 0.05) is 24.8 Å². The highest BCUT2D eigenvalue weighted by Crippen LogP contribution is 2.25. The van der Waals surface area contributed by atoms with E-state index in [1.807, 2.05) is 62.4 Å². The van der Waals surface area contributed by atoms with Crippen molar-refractivity contribution >= 4 is 46.8 Å². The quantitative estimate of drug-likeness (QED) is 0.259. The first-order valence-corrected chi connectivity index (χ1v) is 14.4. The second-order valence-electron chi connectivity index (χ2n) is 9.21. The lowest BCUT2D eigenvalue weighted by Crippen LogP contribution is -2.52. The standard InChI is InChI=1S/C30H34Cl2N2O2S/c1-4-22(3)33-30(36)28(17-23-11-6-5-7-12-23)34(18-24-14-15-26(31)27(32)16-24)29(35)20-37-19-25-13-9-8-10-21(25)2/h5-16,22,28H,4,17-20H2,1-3H3,(H,33,36)/t22-,28+/m1/s1. The van der Waals surface area contributed by atoms with Gasteiger partial charge in [0.15, 0.2) is 0 Å². The smallest absolute Gasteiger partial charge is 0.243 e. The van der Waals surface area contributed by atoms with E-state index in [9.17, 15) is 9.59 Å². The molecule has 3 rings (SSSR count). The Bertz CT molecular complexity index is 1190. The van der Waals surface area contributed by atoms with E-state index in [0.717, 1.165) is 23.3 Å². The van der Waals surface area contributed by atoms with Gasteiger partial charge in [0.2, 0.25) is 11.8 Å². The highest BCUT2D eigenvalue weighted by atomic mass is 35.5. The van der Waals surface area contributed by atoms with Crippen molar-refractivity contribution in [2.45, 2.75) is 58.0 Å². The van der Waals surface area contributed by atoms with E-state index in [0.29, 0.717) is 16.5 Å². The van der Waals surface area contributed by atoms with Crippen LogP contribution in [0.25, 0.3) is 0 Å². The zero-order chi connectivity index (χ0) is 26.8. The lowest BCUT2D eigenvalue weighted by atomic mass is 10.0. The summed E-state index contributed by atoms with van der Waals surface area (Å²) in [5.74, 6) is 0.735. The third-order valence-corrected chi connectivity index (χ3v) is 8.06. The fourth-order valence-corrected chi connectivity index (χ4v) is 5.24. The molecule has 196 valence electrons. The van der Waals surface area contributed by atoms with Crippen LogP contribution >= 0.6 is 35.0 Å². The van der Waals surface area contributed by atoms with E-state index >= 15 is 0 Å². The van der Waals surface area contributed by atoms with Crippen LogP contribution in [0.1, 0.15) is 42.5 Å². The molecule has 0 saturated carbocycles. The topological polar surface area (TPSA) is 49.4 Å². The average molecular weight is 558 g/mol. The van der Waals surface area contributed by atoms with Gasteiger partial charge in [-0.15, -0.1) is 11.8 Å². The second-order valence-corrected chi connectivity index (χ2v) is 11.0. The van der Waals surface area contributed by atoms with Gasteiger partial charge in [0.05, 0.1) is 15.8 Å². The maximum absolute atomic E-state index is 13.7. The number of carbonyl (C=O) groups is 2. The molecule has 0 aromatic heterocycles. The summed E-state index contributed by atoms with van der Waals surface area (Å²) in [5, 5.41) is 3.97. The number of carbonyl (C=O) groups excluding carboxylic acids is 2. The number of nitrogens with one attached hydrogen (secondary N) is 1. The van der Waals surface area contributed by atoms with Crippen molar-refractivity contribution in [3.05, 3.63) is 105 Å². The van der Waals surface area contributed by atoms with Gasteiger partial charge < -0.3 is 10.2 Å². The molecular formula is C30H34Cl2N2O2S. The third kappa shape index (κ3) is 8.80. The van der Waals surface area contributed by atoms with Crippen molar-refractivity contribution in [1.82, 2.24) is 10.2 Å².